The number of fused-ring (bicyclic) bond motifs is 1. The lowest BCUT2D eigenvalue weighted by Crippen LogP contribution is -2.25. The molecule has 1 amide bonds. The number of carbonyl (C=O) groups is 1. The van der Waals surface area contributed by atoms with Crippen molar-refractivity contribution in [2.45, 2.75) is 19.6 Å². The molecule has 0 bridgehead atoms. The summed E-state index contributed by atoms with van der Waals surface area (Å²) >= 11 is 0. The maximum Gasteiger partial charge on any atom is 0.256 e. The highest BCUT2D eigenvalue weighted by Gasteiger charge is 2.28. The summed E-state index contributed by atoms with van der Waals surface area (Å²) in [6, 6.07) is 13.9. The molecule has 0 saturated heterocycles. The van der Waals surface area contributed by atoms with Gasteiger partial charge in [-0.15, -0.1) is 0 Å². The van der Waals surface area contributed by atoms with Crippen molar-refractivity contribution < 1.29 is 4.79 Å². The van der Waals surface area contributed by atoms with Crippen LogP contribution in [0.4, 0.5) is 0 Å². The third kappa shape index (κ3) is 2.61. The van der Waals surface area contributed by atoms with E-state index in [4.69, 9.17) is 0 Å². The topological polar surface area (TPSA) is 51.0 Å². The minimum atomic E-state index is 0.0300. The minimum Gasteiger partial charge on any atom is -0.329 e. The Balaban J connectivity index is 1.53. The molecule has 23 heavy (non-hydrogen) atoms. The molecule has 2 aromatic heterocycles. The summed E-state index contributed by atoms with van der Waals surface area (Å²) in [7, 11) is 0. The number of pyridine rings is 1. The van der Waals surface area contributed by atoms with Gasteiger partial charge >= 0.3 is 0 Å². The monoisotopic (exact) mass is 304 g/mol. The zero-order chi connectivity index (χ0) is 15.6. The van der Waals surface area contributed by atoms with Crippen LogP contribution in [0.3, 0.4) is 0 Å². The van der Waals surface area contributed by atoms with E-state index in [1.807, 2.05) is 30.5 Å². The maximum absolute atomic E-state index is 12.4. The molecule has 3 heterocycles. The van der Waals surface area contributed by atoms with Gasteiger partial charge < -0.3 is 9.47 Å². The highest BCUT2D eigenvalue weighted by Crippen LogP contribution is 2.22. The van der Waals surface area contributed by atoms with Gasteiger partial charge in [0, 0.05) is 25.1 Å². The summed E-state index contributed by atoms with van der Waals surface area (Å²) in [4.78, 5) is 22.9. The van der Waals surface area contributed by atoms with Crippen molar-refractivity contribution in [2.75, 3.05) is 0 Å². The van der Waals surface area contributed by atoms with Crippen molar-refractivity contribution in [3.63, 3.8) is 0 Å². The number of hydrogen-bond donors (Lipinski definition) is 0. The number of imidazole rings is 1. The molecule has 5 nitrogen and oxygen atoms in total. The zero-order valence-electron chi connectivity index (χ0n) is 12.6. The van der Waals surface area contributed by atoms with E-state index >= 15 is 0 Å². The van der Waals surface area contributed by atoms with E-state index in [1.165, 1.54) is 5.56 Å². The van der Waals surface area contributed by atoms with Crippen LogP contribution in [0.1, 0.15) is 27.4 Å². The molecule has 0 aliphatic carbocycles. The van der Waals surface area contributed by atoms with Crippen LogP contribution in [-0.4, -0.2) is 25.3 Å². The second-order valence-electron chi connectivity index (χ2n) is 5.62. The average Bonchev–Trinajstić information content (AvgIpc) is 3.14. The molecule has 1 aromatic carbocycles. The van der Waals surface area contributed by atoms with Crippen LogP contribution in [0.2, 0.25) is 0 Å². The van der Waals surface area contributed by atoms with Crippen LogP contribution >= 0.6 is 0 Å². The first-order valence-electron chi connectivity index (χ1n) is 7.58. The largest absolute Gasteiger partial charge is 0.329 e. The Morgan fingerprint density at radius 1 is 0.957 bits per heavy atom. The molecule has 1 aliphatic rings. The number of carbonyl (C=O) groups excluding carboxylic acids is 1. The van der Waals surface area contributed by atoms with Crippen molar-refractivity contribution in [2.24, 2.45) is 0 Å². The Labute approximate surface area is 134 Å². The van der Waals surface area contributed by atoms with E-state index in [1.54, 1.807) is 23.4 Å². The van der Waals surface area contributed by atoms with Gasteiger partial charge in [0.05, 0.1) is 24.3 Å². The predicted molar refractivity (Wildman–Crippen MR) is 85.6 cm³/mol. The third-order valence-electron chi connectivity index (χ3n) is 4.08. The van der Waals surface area contributed by atoms with Gasteiger partial charge in [-0.1, -0.05) is 30.3 Å². The fourth-order valence-electron chi connectivity index (χ4n) is 2.90. The Morgan fingerprint density at radius 2 is 1.83 bits per heavy atom. The molecule has 3 aromatic rings. The molecule has 0 saturated carbocycles. The second kappa shape index (κ2) is 5.68. The summed E-state index contributed by atoms with van der Waals surface area (Å²) in [5, 5.41) is 0. The van der Waals surface area contributed by atoms with Gasteiger partial charge in [-0.05, 0) is 17.7 Å². The first kappa shape index (κ1) is 13.7. The minimum absolute atomic E-state index is 0.0300. The number of nitrogens with zero attached hydrogens (tertiary/aromatic N) is 4. The van der Waals surface area contributed by atoms with Crippen LogP contribution in [0.25, 0.3) is 0 Å². The molecule has 0 N–H and O–H groups in total. The van der Waals surface area contributed by atoms with Crippen LogP contribution in [-0.2, 0) is 19.6 Å². The maximum atomic E-state index is 12.4. The van der Waals surface area contributed by atoms with E-state index < -0.39 is 0 Å². The smallest absolute Gasteiger partial charge is 0.256 e. The lowest BCUT2D eigenvalue weighted by molar-refractivity contribution is 0.0760. The second-order valence-corrected chi connectivity index (χ2v) is 5.62. The number of hydrogen-bond acceptors (Lipinski definition) is 3. The standard InChI is InChI=1S/C18H16N4O/c23-18-15-7-4-8-19-16(15)12-22(18)13-17-20-9-10-21(17)11-14-5-2-1-3-6-14/h1-10H,11-13H2. The van der Waals surface area contributed by atoms with Gasteiger partial charge in [0.25, 0.3) is 5.91 Å². The SMILES string of the molecule is O=C1c2cccnc2CN1Cc1nccn1Cc1ccccc1. The highest BCUT2D eigenvalue weighted by molar-refractivity contribution is 5.97. The fraction of sp³-hybridized carbons (Fsp3) is 0.167. The van der Waals surface area contributed by atoms with Crippen LogP contribution in [0, 0.1) is 0 Å². The van der Waals surface area contributed by atoms with Crippen molar-refractivity contribution in [1.29, 1.82) is 0 Å². The molecule has 0 unspecified atom stereocenters. The van der Waals surface area contributed by atoms with E-state index in [9.17, 15) is 4.79 Å². The summed E-state index contributed by atoms with van der Waals surface area (Å²) in [6.07, 6.45) is 5.46. The number of amides is 1. The summed E-state index contributed by atoms with van der Waals surface area (Å²) in [5.41, 5.74) is 2.76. The first-order valence-corrected chi connectivity index (χ1v) is 7.58. The van der Waals surface area contributed by atoms with Crippen molar-refractivity contribution in [3.8, 4) is 0 Å². The third-order valence-corrected chi connectivity index (χ3v) is 4.08. The Bertz CT molecular complexity index is 841. The van der Waals surface area contributed by atoms with Gasteiger partial charge in [0.2, 0.25) is 0 Å². The van der Waals surface area contributed by atoms with E-state index in [-0.39, 0.29) is 5.91 Å². The van der Waals surface area contributed by atoms with Gasteiger partial charge in [-0.2, -0.15) is 0 Å². The Hall–Kier alpha value is -2.95. The fourth-order valence-corrected chi connectivity index (χ4v) is 2.90. The van der Waals surface area contributed by atoms with Gasteiger partial charge in [0.15, 0.2) is 0 Å². The van der Waals surface area contributed by atoms with Crippen LogP contribution in [0.5, 0.6) is 0 Å². The molecular weight excluding hydrogens is 288 g/mol. The molecule has 4 rings (SSSR count). The van der Waals surface area contributed by atoms with E-state index in [0.29, 0.717) is 18.7 Å². The zero-order valence-corrected chi connectivity index (χ0v) is 12.6. The van der Waals surface area contributed by atoms with Crippen LogP contribution < -0.4 is 0 Å². The number of aromatic nitrogens is 3. The van der Waals surface area contributed by atoms with Crippen molar-refractivity contribution >= 4 is 5.91 Å². The quantitative estimate of drug-likeness (QED) is 0.744. The van der Waals surface area contributed by atoms with Crippen LogP contribution in [0.15, 0.2) is 61.1 Å². The highest BCUT2D eigenvalue weighted by atomic mass is 16.2. The van der Waals surface area contributed by atoms with E-state index in [2.05, 4.69) is 26.7 Å². The lowest BCUT2D eigenvalue weighted by Gasteiger charge is -2.16. The number of rotatable bonds is 4. The molecule has 5 heteroatoms. The summed E-state index contributed by atoms with van der Waals surface area (Å²) < 4.78 is 2.08. The van der Waals surface area contributed by atoms with Crippen molar-refractivity contribution in [1.82, 2.24) is 19.4 Å². The molecule has 0 fully saturated rings. The van der Waals surface area contributed by atoms with Gasteiger partial charge in [-0.3, -0.25) is 9.78 Å². The molecule has 0 atom stereocenters. The first-order chi connectivity index (χ1) is 11.3. The molecule has 114 valence electrons. The average molecular weight is 304 g/mol. The lowest BCUT2D eigenvalue weighted by atomic mass is 10.2. The predicted octanol–water partition coefficient (Wildman–Crippen LogP) is 2.48. The molecule has 0 radical (unpaired) electrons. The molecular formula is C18H16N4O. The normalized spacial score (nSPS) is 13.4. The molecule has 1 aliphatic heterocycles. The van der Waals surface area contributed by atoms with Crippen molar-refractivity contribution in [3.05, 3.63) is 83.7 Å². The molecule has 0 spiro atoms. The Morgan fingerprint density at radius 3 is 2.65 bits per heavy atom. The summed E-state index contributed by atoms with van der Waals surface area (Å²) in [5.74, 6) is 0.914. The van der Waals surface area contributed by atoms with E-state index in [0.717, 1.165) is 18.1 Å². The van der Waals surface area contributed by atoms with Gasteiger partial charge in [-0.25, -0.2) is 4.98 Å². The van der Waals surface area contributed by atoms with Gasteiger partial charge in [0.1, 0.15) is 5.82 Å². The number of benzene rings is 1. The Kier molecular flexibility index (Phi) is 3.38. The summed E-state index contributed by atoms with van der Waals surface area (Å²) in [6.45, 7) is 1.80.